The maximum atomic E-state index is 11.8. The predicted molar refractivity (Wildman–Crippen MR) is 79.1 cm³/mol. The van der Waals surface area contributed by atoms with Crippen molar-refractivity contribution in [2.24, 2.45) is 11.3 Å². The van der Waals surface area contributed by atoms with E-state index in [1.807, 2.05) is 45.0 Å². The summed E-state index contributed by atoms with van der Waals surface area (Å²) in [5.41, 5.74) is 1.46. The zero-order valence-electron chi connectivity index (χ0n) is 12.3. The topological polar surface area (TPSA) is 58.2 Å². The van der Waals surface area contributed by atoms with E-state index in [2.05, 4.69) is 10.6 Å². The van der Waals surface area contributed by atoms with Crippen LogP contribution in [0.15, 0.2) is 24.3 Å². The summed E-state index contributed by atoms with van der Waals surface area (Å²) < 4.78 is 0. The van der Waals surface area contributed by atoms with E-state index in [0.29, 0.717) is 6.54 Å². The van der Waals surface area contributed by atoms with Crippen molar-refractivity contribution >= 4 is 17.5 Å². The third-order valence-electron chi connectivity index (χ3n) is 3.30. The smallest absolute Gasteiger partial charge is 0.227 e. The summed E-state index contributed by atoms with van der Waals surface area (Å²) in [6, 6.07) is 7.59. The highest BCUT2D eigenvalue weighted by Crippen LogP contribution is 2.30. The van der Waals surface area contributed by atoms with Gasteiger partial charge in [0.2, 0.25) is 11.8 Å². The predicted octanol–water partition coefficient (Wildman–Crippen LogP) is 2.70. The number of benzene rings is 1. The van der Waals surface area contributed by atoms with E-state index < -0.39 is 0 Å². The number of hydrogen-bond donors (Lipinski definition) is 2. The van der Waals surface area contributed by atoms with Gasteiger partial charge in [-0.3, -0.25) is 9.59 Å². The van der Waals surface area contributed by atoms with Crippen LogP contribution in [0.1, 0.15) is 39.2 Å². The number of rotatable bonds is 4. The van der Waals surface area contributed by atoms with Crippen LogP contribution >= 0.6 is 0 Å². The van der Waals surface area contributed by atoms with Gasteiger partial charge >= 0.3 is 0 Å². The van der Waals surface area contributed by atoms with E-state index in [4.69, 9.17) is 0 Å². The molecule has 2 N–H and O–H groups in total. The lowest BCUT2D eigenvalue weighted by Gasteiger charge is -2.17. The Morgan fingerprint density at radius 3 is 2.25 bits per heavy atom. The second-order valence-corrected chi connectivity index (χ2v) is 6.39. The monoisotopic (exact) mass is 274 g/mol. The van der Waals surface area contributed by atoms with Crippen molar-refractivity contribution in [3.05, 3.63) is 29.8 Å². The Bertz CT molecular complexity index is 496. The molecule has 1 aliphatic carbocycles. The molecule has 0 saturated heterocycles. The van der Waals surface area contributed by atoms with Gasteiger partial charge in [0.1, 0.15) is 0 Å². The van der Waals surface area contributed by atoms with E-state index in [1.165, 1.54) is 0 Å². The van der Waals surface area contributed by atoms with E-state index in [9.17, 15) is 9.59 Å². The summed E-state index contributed by atoms with van der Waals surface area (Å²) in [7, 11) is 0. The Morgan fingerprint density at radius 2 is 1.75 bits per heavy atom. The molecule has 1 aromatic rings. The third kappa shape index (κ3) is 4.08. The first-order chi connectivity index (χ1) is 9.36. The molecule has 1 aromatic carbocycles. The fourth-order valence-corrected chi connectivity index (χ4v) is 1.74. The molecule has 0 aromatic heterocycles. The fraction of sp³-hybridized carbons (Fsp3) is 0.500. The molecule has 1 saturated carbocycles. The number of carbonyl (C=O) groups excluding carboxylic acids is 2. The second kappa shape index (κ2) is 5.65. The van der Waals surface area contributed by atoms with Gasteiger partial charge in [-0.1, -0.05) is 32.9 Å². The van der Waals surface area contributed by atoms with Crippen LogP contribution in [0.3, 0.4) is 0 Å². The Hall–Kier alpha value is -1.84. The first-order valence-electron chi connectivity index (χ1n) is 7.04. The number of hydrogen-bond acceptors (Lipinski definition) is 2. The minimum atomic E-state index is -0.377. The van der Waals surface area contributed by atoms with Crippen molar-refractivity contribution in [2.75, 3.05) is 5.32 Å². The fourth-order valence-electron chi connectivity index (χ4n) is 1.74. The van der Waals surface area contributed by atoms with Crippen LogP contribution in [0.5, 0.6) is 0 Å². The molecule has 4 nitrogen and oxygen atoms in total. The van der Waals surface area contributed by atoms with Crippen molar-refractivity contribution in [3.63, 3.8) is 0 Å². The van der Waals surface area contributed by atoms with E-state index in [0.717, 1.165) is 24.1 Å². The van der Waals surface area contributed by atoms with Gasteiger partial charge in [-0.2, -0.15) is 0 Å². The van der Waals surface area contributed by atoms with Crippen molar-refractivity contribution in [2.45, 2.75) is 40.2 Å². The van der Waals surface area contributed by atoms with Crippen molar-refractivity contribution in [3.8, 4) is 0 Å². The van der Waals surface area contributed by atoms with Gasteiger partial charge in [0, 0.05) is 23.6 Å². The van der Waals surface area contributed by atoms with E-state index in [-0.39, 0.29) is 23.1 Å². The number of anilines is 1. The van der Waals surface area contributed by atoms with Crippen LogP contribution in [0.2, 0.25) is 0 Å². The summed E-state index contributed by atoms with van der Waals surface area (Å²) in [6.07, 6.45) is 2.01. The van der Waals surface area contributed by atoms with Gasteiger partial charge in [0.05, 0.1) is 0 Å². The molecule has 4 heteroatoms. The van der Waals surface area contributed by atoms with Gasteiger partial charge in [-0.05, 0) is 30.5 Å². The first kappa shape index (κ1) is 14.6. The zero-order chi connectivity index (χ0) is 14.8. The van der Waals surface area contributed by atoms with Crippen LogP contribution in [-0.4, -0.2) is 11.8 Å². The normalized spacial score (nSPS) is 14.8. The molecule has 2 rings (SSSR count). The van der Waals surface area contributed by atoms with Gasteiger partial charge in [0.15, 0.2) is 0 Å². The van der Waals surface area contributed by atoms with Crippen molar-refractivity contribution < 1.29 is 9.59 Å². The summed E-state index contributed by atoms with van der Waals surface area (Å²) >= 11 is 0. The zero-order valence-corrected chi connectivity index (χ0v) is 12.3. The molecule has 20 heavy (non-hydrogen) atoms. The molecule has 0 radical (unpaired) electrons. The maximum absolute atomic E-state index is 11.8. The minimum absolute atomic E-state index is 0.0311. The SMILES string of the molecule is CC(C)(C)C(=O)NCc1ccc(NC(=O)C2CC2)cc1. The molecule has 0 bridgehead atoms. The van der Waals surface area contributed by atoms with Crippen molar-refractivity contribution in [1.29, 1.82) is 0 Å². The summed E-state index contributed by atoms with van der Waals surface area (Å²) in [5.74, 6) is 0.350. The van der Waals surface area contributed by atoms with Gasteiger partial charge in [-0.25, -0.2) is 0 Å². The van der Waals surface area contributed by atoms with Crippen molar-refractivity contribution in [1.82, 2.24) is 5.32 Å². The molecular weight excluding hydrogens is 252 g/mol. The van der Waals surface area contributed by atoms with Gasteiger partial charge < -0.3 is 10.6 Å². The average molecular weight is 274 g/mol. The summed E-state index contributed by atoms with van der Waals surface area (Å²) in [5, 5.41) is 5.79. The molecule has 1 aliphatic rings. The second-order valence-electron chi connectivity index (χ2n) is 6.39. The Balaban J connectivity index is 1.85. The largest absolute Gasteiger partial charge is 0.352 e. The molecule has 0 atom stereocenters. The molecule has 108 valence electrons. The Morgan fingerprint density at radius 1 is 1.15 bits per heavy atom. The van der Waals surface area contributed by atoms with E-state index in [1.54, 1.807) is 0 Å². The quantitative estimate of drug-likeness (QED) is 0.887. The highest BCUT2D eigenvalue weighted by molar-refractivity contribution is 5.94. The van der Waals surface area contributed by atoms with Gasteiger partial charge in [-0.15, -0.1) is 0 Å². The number of carbonyl (C=O) groups is 2. The maximum Gasteiger partial charge on any atom is 0.227 e. The van der Waals surface area contributed by atoms with Crippen LogP contribution < -0.4 is 10.6 Å². The third-order valence-corrected chi connectivity index (χ3v) is 3.30. The van der Waals surface area contributed by atoms with E-state index >= 15 is 0 Å². The molecule has 0 heterocycles. The van der Waals surface area contributed by atoms with Crippen LogP contribution in [0, 0.1) is 11.3 Å². The first-order valence-corrected chi connectivity index (χ1v) is 7.04. The number of amides is 2. The van der Waals surface area contributed by atoms with Gasteiger partial charge in [0.25, 0.3) is 0 Å². The highest BCUT2D eigenvalue weighted by Gasteiger charge is 2.29. The summed E-state index contributed by atoms with van der Waals surface area (Å²) in [6.45, 7) is 6.17. The molecule has 0 aliphatic heterocycles. The minimum Gasteiger partial charge on any atom is -0.352 e. The molecule has 0 spiro atoms. The highest BCUT2D eigenvalue weighted by atomic mass is 16.2. The van der Waals surface area contributed by atoms with Crippen LogP contribution in [0.25, 0.3) is 0 Å². The Labute approximate surface area is 119 Å². The lowest BCUT2D eigenvalue weighted by molar-refractivity contribution is -0.128. The lowest BCUT2D eigenvalue weighted by Crippen LogP contribution is -2.34. The molecule has 2 amide bonds. The summed E-state index contributed by atoms with van der Waals surface area (Å²) in [4.78, 5) is 23.4. The molecule has 1 fully saturated rings. The van der Waals surface area contributed by atoms with Crippen LogP contribution in [-0.2, 0) is 16.1 Å². The molecule has 0 unspecified atom stereocenters. The lowest BCUT2D eigenvalue weighted by atomic mass is 9.95. The average Bonchev–Trinajstić information content (AvgIpc) is 3.20. The molecular formula is C16H22N2O2. The standard InChI is InChI=1S/C16H22N2O2/c1-16(2,3)15(20)17-10-11-4-8-13(9-5-11)18-14(19)12-6-7-12/h4-5,8-9,12H,6-7,10H2,1-3H3,(H,17,20)(H,18,19). The van der Waals surface area contributed by atoms with Crippen LogP contribution in [0.4, 0.5) is 5.69 Å². The Kier molecular flexibility index (Phi) is 4.12. The number of nitrogens with one attached hydrogen (secondary N) is 2.